The van der Waals surface area contributed by atoms with Crippen LogP contribution in [0, 0.1) is 0 Å². The molecule has 0 aromatic carbocycles. The van der Waals surface area contributed by atoms with E-state index in [9.17, 15) is 14.3 Å². The average molecular weight is 440 g/mol. The predicted molar refractivity (Wildman–Crippen MR) is 111 cm³/mol. The molecule has 29 heavy (non-hydrogen) atoms. The molecule has 0 aromatic rings. The van der Waals surface area contributed by atoms with Gasteiger partial charge in [0.15, 0.2) is 0 Å². The molecule has 174 valence electrons. The monoisotopic (exact) mass is 439 g/mol. The molecule has 0 saturated carbocycles. The number of nitrogens with zero attached hydrogens (tertiary/aromatic N) is 1. The Morgan fingerprint density at radius 1 is 0.931 bits per heavy atom. The van der Waals surface area contributed by atoms with Crippen molar-refractivity contribution in [2.45, 2.75) is 71.3 Å². The molecule has 2 atom stereocenters. The summed E-state index contributed by atoms with van der Waals surface area (Å²) in [6, 6.07) is 0. The van der Waals surface area contributed by atoms with Crippen molar-refractivity contribution in [3.05, 3.63) is 0 Å². The van der Waals surface area contributed by atoms with E-state index in [1.807, 2.05) is 28.1 Å². The fraction of sp³-hybridized carbons (Fsp3) is 0.950. The molecule has 0 spiro atoms. The lowest BCUT2D eigenvalue weighted by Gasteiger charge is -2.28. The number of phosphoric ester groups is 1. The summed E-state index contributed by atoms with van der Waals surface area (Å²) in [7, 11) is 1.35. The van der Waals surface area contributed by atoms with E-state index in [4.69, 9.17) is 18.5 Å². The van der Waals surface area contributed by atoms with Gasteiger partial charge >= 0.3 is 5.97 Å². The summed E-state index contributed by atoms with van der Waals surface area (Å²) in [4.78, 5) is 23.7. The maximum atomic E-state index is 11.9. The Morgan fingerprint density at radius 2 is 1.59 bits per heavy atom. The molecule has 0 radical (unpaired) electrons. The highest BCUT2D eigenvalue weighted by molar-refractivity contribution is 7.45. The van der Waals surface area contributed by atoms with E-state index in [2.05, 4.69) is 6.92 Å². The number of rotatable bonds is 19. The molecule has 0 fully saturated rings. The van der Waals surface area contributed by atoms with Crippen molar-refractivity contribution < 1.29 is 37.3 Å². The van der Waals surface area contributed by atoms with Gasteiger partial charge in [-0.25, -0.2) is 0 Å². The zero-order valence-electron chi connectivity index (χ0n) is 19.0. The summed E-state index contributed by atoms with van der Waals surface area (Å²) in [6.07, 6.45) is 7.03. The quantitative estimate of drug-likeness (QED) is 0.132. The first kappa shape index (κ1) is 28.5. The van der Waals surface area contributed by atoms with Gasteiger partial charge in [-0.15, -0.1) is 0 Å². The first-order valence-electron chi connectivity index (χ1n) is 10.8. The van der Waals surface area contributed by atoms with E-state index in [0.717, 1.165) is 12.8 Å². The fourth-order valence-corrected chi connectivity index (χ4v) is 3.13. The Morgan fingerprint density at radius 3 is 2.21 bits per heavy atom. The molecule has 0 aliphatic carbocycles. The van der Waals surface area contributed by atoms with Gasteiger partial charge in [-0.3, -0.25) is 9.36 Å². The van der Waals surface area contributed by atoms with Gasteiger partial charge in [-0.1, -0.05) is 46.0 Å². The number of quaternary nitrogens is 1. The van der Waals surface area contributed by atoms with Gasteiger partial charge in [-0.2, -0.15) is 0 Å². The first-order valence-corrected chi connectivity index (χ1v) is 12.2. The van der Waals surface area contributed by atoms with E-state index in [-0.39, 0.29) is 26.2 Å². The number of phosphoric acid groups is 1. The minimum Gasteiger partial charge on any atom is -0.756 e. The van der Waals surface area contributed by atoms with E-state index in [0.29, 0.717) is 24.1 Å². The second kappa shape index (κ2) is 16.2. The largest absolute Gasteiger partial charge is 0.756 e. The molecule has 0 aromatic heterocycles. The Labute approximate surface area is 177 Å². The Kier molecular flexibility index (Phi) is 15.9. The van der Waals surface area contributed by atoms with Crippen molar-refractivity contribution >= 4 is 13.8 Å². The van der Waals surface area contributed by atoms with Gasteiger partial charge in [0.2, 0.25) is 0 Å². The van der Waals surface area contributed by atoms with Gasteiger partial charge < -0.3 is 27.9 Å². The molecule has 0 heterocycles. The van der Waals surface area contributed by atoms with Gasteiger partial charge in [0, 0.05) is 13.0 Å². The van der Waals surface area contributed by atoms with Crippen molar-refractivity contribution in [1.82, 2.24) is 0 Å². The van der Waals surface area contributed by atoms with Crippen molar-refractivity contribution in [1.29, 1.82) is 0 Å². The summed E-state index contributed by atoms with van der Waals surface area (Å²) in [5, 5.41) is 0. The number of carbonyl (C=O) groups excluding carboxylic acids is 1. The lowest BCUT2D eigenvalue weighted by Crippen LogP contribution is -2.37. The van der Waals surface area contributed by atoms with Crippen molar-refractivity contribution in [2.24, 2.45) is 0 Å². The Balaban J connectivity index is 4.31. The topological polar surface area (TPSA) is 94.1 Å². The van der Waals surface area contributed by atoms with Crippen molar-refractivity contribution in [2.75, 3.05) is 54.1 Å². The molecule has 0 N–H and O–H groups in total. The van der Waals surface area contributed by atoms with E-state index in [1.165, 1.54) is 25.7 Å². The average Bonchev–Trinajstić information content (AvgIpc) is 2.60. The molecule has 0 amide bonds. The number of esters is 1. The smallest absolute Gasteiger partial charge is 0.306 e. The lowest BCUT2D eigenvalue weighted by atomic mass is 10.1. The number of unbranched alkanes of at least 4 members (excludes halogenated alkanes) is 5. The summed E-state index contributed by atoms with van der Waals surface area (Å²) in [6.45, 7) is 4.93. The van der Waals surface area contributed by atoms with Crippen LogP contribution < -0.4 is 4.89 Å². The van der Waals surface area contributed by atoms with E-state index in [1.54, 1.807) is 0 Å². The van der Waals surface area contributed by atoms with Crippen LogP contribution in [-0.4, -0.2) is 70.7 Å². The highest BCUT2D eigenvalue weighted by Gasteiger charge is 2.20. The van der Waals surface area contributed by atoms with Gasteiger partial charge in [0.05, 0.1) is 34.4 Å². The molecule has 0 aliphatic heterocycles. The molecule has 8 nitrogen and oxygen atoms in total. The van der Waals surface area contributed by atoms with Gasteiger partial charge in [-0.05, 0) is 12.8 Å². The maximum absolute atomic E-state index is 11.9. The molecule has 2 unspecified atom stereocenters. The third-order valence-corrected chi connectivity index (χ3v) is 5.09. The number of ether oxygens (including phenoxy) is 2. The molecule has 0 saturated heterocycles. The SMILES string of the molecule is CCCCCCCCOCC(COP(=O)([O-])OCC[N+](C)(C)C)OC(=O)CCC. The maximum Gasteiger partial charge on any atom is 0.306 e. The summed E-state index contributed by atoms with van der Waals surface area (Å²) >= 11 is 0. The molecular formula is C20H42NO7P. The molecule has 9 heteroatoms. The van der Waals surface area contributed by atoms with E-state index < -0.39 is 19.9 Å². The minimum atomic E-state index is -4.46. The third kappa shape index (κ3) is 19.2. The second-order valence-corrected chi connectivity index (χ2v) is 9.71. The summed E-state index contributed by atoms with van der Waals surface area (Å²) in [5.74, 6) is -0.393. The molecular weight excluding hydrogens is 397 g/mol. The first-order chi connectivity index (χ1) is 13.6. The lowest BCUT2D eigenvalue weighted by molar-refractivity contribution is -0.870. The zero-order chi connectivity index (χ0) is 22.2. The van der Waals surface area contributed by atoms with Crippen LogP contribution >= 0.6 is 7.82 Å². The number of carbonyl (C=O) groups is 1. The molecule has 0 bridgehead atoms. The van der Waals surface area contributed by atoms with Crippen LogP contribution in [0.1, 0.15) is 65.2 Å². The van der Waals surface area contributed by atoms with Crippen molar-refractivity contribution in [3.63, 3.8) is 0 Å². The van der Waals surface area contributed by atoms with Crippen LogP contribution in [-0.2, 0) is 27.9 Å². The van der Waals surface area contributed by atoms with Crippen LogP contribution in [0.25, 0.3) is 0 Å². The Hall–Kier alpha value is -0.500. The molecule has 0 rings (SSSR count). The van der Waals surface area contributed by atoms with Gasteiger partial charge in [0.1, 0.15) is 19.3 Å². The van der Waals surface area contributed by atoms with Gasteiger partial charge in [0.25, 0.3) is 7.82 Å². The predicted octanol–water partition coefficient (Wildman–Crippen LogP) is 3.28. The standard InChI is InChI=1S/C20H42NO7P/c1-6-8-9-10-11-12-15-25-17-19(28-20(22)13-7-2)18-27-29(23,24)26-16-14-21(3,4)5/h19H,6-18H2,1-5H3. The summed E-state index contributed by atoms with van der Waals surface area (Å²) in [5.41, 5.74) is 0. The number of hydrogen-bond donors (Lipinski definition) is 0. The van der Waals surface area contributed by atoms with Crippen LogP contribution in [0.5, 0.6) is 0 Å². The second-order valence-electron chi connectivity index (χ2n) is 8.29. The summed E-state index contributed by atoms with van der Waals surface area (Å²) < 4.78 is 33.2. The highest BCUT2D eigenvalue weighted by atomic mass is 31.2. The number of likely N-dealkylation sites (N-methyl/N-ethyl adjacent to an activating group) is 1. The van der Waals surface area contributed by atoms with Crippen LogP contribution in [0.3, 0.4) is 0 Å². The fourth-order valence-electron chi connectivity index (χ4n) is 2.40. The number of hydrogen-bond acceptors (Lipinski definition) is 7. The van der Waals surface area contributed by atoms with Crippen LogP contribution in [0.4, 0.5) is 0 Å². The van der Waals surface area contributed by atoms with Crippen molar-refractivity contribution in [3.8, 4) is 0 Å². The van der Waals surface area contributed by atoms with E-state index >= 15 is 0 Å². The Bertz CT molecular complexity index is 468. The van der Waals surface area contributed by atoms with Crippen LogP contribution in [0.15, 0.2) is 0 Å². The zero-order valence-corrected chi connectivity index (χ0v) is 19.9. The highest BCUT2D eigenvalue weighted by Crippen LogP contribution is 2.38. The third-order valence-electron chi connectivity index (χ3n) is 4.13. The minimum absolute atomic E-state index is 0.0269. The van der Waals surface area contributed by atoms with Crippen LogP contribution in [0.2, 0.25) is 0 Å². The normalized spacial score (nSPS) is 15.1. The molecule has 0 aliphatic rings.